The van der Waals surface area contributed by atoms with Crippen molar-refractivity contribution >= 4 is 17.5 Å². The van der Waals surface area contributed by atoms with Crippen LogP contribution >= 0.6 is 0 Å². The summed E-state index contributed by atoms with van der Waals surface area (Å²) < 4.78 is 45.1. The Balaban J connectivity index is 1.66. The molecule has 1 N–H and O–H groups in total. The minimum atomic E-state index is -4.61. The van der Waals surface area contributed by atoms with Crippen LogP contribution in [0.1, 0.15) is 28.4 Å². The third kappa shape index (κ3) is 6.55. The molecule has 1 aromatic heterocycles. The van der Waals surface area contributed by atoms with E-state index in [0.717, 1.165) is 17.7 Å². The Labute approximate surface area is 189 Å². The van der Waals surface area contributed by atoms with E-state index in [-0.39, 0.29) is 30.3 Å². The molecule has 3 rings (SSSR count). The molecule has 0 aliphatic heterocycles. The molecule has 3 aromatic rings. The molecule has 6 nitrogen and oxygen atoms in total. The monoisotopic (exact) mass is 457 g/mol. The van der Waals surface area contributed by atoms with Crippen LogP contribution in [0.3, 0.4) is 0 Å². The number of pyridine rings is 1. The Bertz CT molecular complexity index is 1100. The highest BCUT2D eigenvalue weighted by Crippen LogP contribution is 2.34. The number of carbonyl (C=O) groups excluding carboxylic acids is 2. The minimum Gasteiger partial charge on any atom is -0.473 e. The van der Waals surface area contributed by atoms with Crippen LogP contribution in [0.25, 0.3) is 0 Å². The molecule has 2 amide bonds. The summed E-state index contributed by atoms with van der Waals surface area (Å²) in [5.74, 6) is -0.968. The van der Waals surface area contributed by atoms with Gasteiger partial charge in [0.15, 0.2) is 0 Å². The maximum Gasteiger partial charge on any atom is 0.418 e. The number of anilines is 1. The number of carbonyl (C=O) groups is 2. The van der Waals surface area contributed by atoms with E-state index < -0.39 is 30.1 Å². The Kier molecular flexibility index (Phi) is 7.66. The van der Waals surface area contributed by atoms with Gasteiger partial charge in [-0.3, -0.25) is 9.59 Å². The minimum absolute atomic E-state index is 0.176. The first-order chi connectivity index (χ1) is 15.8. The molecule has 0 unspecified atom stereocenters. The smallest absolute Gasteiger partial charge is 0.418 e. The van der Waals surface area contributed by atoms with Gasteiger partial charge in [-0.05, 0) is 30.7 Å². The van der Waals surface area contributed by atoms with E-state index in [9.17, 15) is 22.8 Å². The van der Waals surface area contributed by atoms with Crippen molar-refractivity contribution in [1.82, 2.24) is 9.88 Å². The van der Waals surface area contributed by atoms with Crippen molar-refractivity contribution in [3.8, 4) is 5.88 Å². The zero-order valence-corrected chi connectivity index (χ0v) is 17.8. The molecule has 0 spiro atoms. The maximum atomic E-state index is 13.2. The number of amides is 2. The van der Waals surface area contributed by atoms with Crippen molar-refractivity contribution in [2.75, 3.05) is 18.4 Å². The second-order valence-electron chi connectivity index (χ2n) is 7.07. The molecular weight excluding hydrogens is 435 g/mol. The van der Waals surface area contributed by atoms with Gasteiger partial charge in [-0.1, -0.05) is 42.5 Å². The highest BCUT2D eigenvalue weighted by Gasteiger charge is 2.33. The van der Waals surface area contributed by atoms with Gasteiger partial charge in [-0.2, -0.15) is 13.2 Å². The van der Waals surface area contributed by atoms with E-state index in [2.05, 4.69) is 10.3 Å². The number of likely N-dealkylation sites (N-methyl/N-ethyl adjacent to an activating group) is 1. The second-order valence-corrected chi connectivity index (χ2v) is 7.07. The first-order valence-electron chi connectivity index (χ1n) is 10.2. The highest BCUT2D eigenvalue weighted by molar-refractivity contribution is 5.99. The third-order valence-electron chi connectivity index (χ3n) is 4.72. The Morgan fingerprint density at radius 2 is 1.73 bits per heavy atom. The van der Waals surface area contributed by atoms with Crippen molar-refractivity contribution in [2.45, 2.75) is 19.7 Å². The summed E-state index contributed by atoms with van der Waals surface area (Å²) in [6.07, 6.45) is -3.20. The van der Waals surface area contributed by atoms with E-state index in [4.69, 9.17) is 4.74 Å². The van der Waals surface area contributed by atoms with Crippen molar-refractivity contribution in [1.29, 1.82) is 0 Å². The average Bonchev–Trinajstić information content (AvgIpc) is 2.81. The first kappa shape index (κ1) is 23.8. The van der Waals surface area contributed by atoms with Gasteiger partial charge in [0.1, 0.15) is 13.2 Å². The topological polar surface area (TPSA) is 71.5 Å². The van der Waals surface area contributed by atoms with E-state index >= 15 is 0 Å². The van der Waals surface area contributed by atoms with E-state index in [1.54, 1.807) is 6.92 Å². The zero-order valence-electron chi connectivity index (χ0n) is 17.8. The fourth-order valence-corrected chi connectivity index (χ4v) is 3.07. The molecule has 0 saturated carbocycles. The van der Waals surface area contributed by atoms with Gasteiger partial charge >= 0.3 is 6.18 Å². The number of rotatable bonds is 8. The third-order valence-corrected chi connectivity index (χ3v) is 4.72. The number of halogens is 3. The summed E-state index contributed by atoms with van der Waals surface area (Å²) in [5, 5.41) is 2.25. The molecule has 33 heavy (non-hydrogen) atoms. The van der Waals surface area contributed by atoms with Gasteiger partial charge in [0.25, 0.3) is 5.91 Å². The Morgan fingerprint density at radius 1 is 1.03 bits per heavy atom. The molecule has 2 aromatic carbocycles. The van der Waals surface area contributed by atoms with Gasteiger partial charge < -0.3 is 15.0 Å². The molecule has 172 valence electrons. The molecular formula is C24H22F3N3O3. The summed E-state index contributed by atoms with van der Waals surface area (Å²) in [5.41, 5.74) is -0.137. The fourth-order valence-electron chi connectivity index (χ4n) is 3.07. The quantitative estimate of drug-likeness (QED) is 0.529. The SMILES string of the molecule is CCN(CC(=O)Nc1ccccc1C(F)(F)F)C(=O)c1ccnc(OCc2ccccc2)c1. The molecule has 0 aliphatic carbocycles. The van der Waals surface area contributed by atoms with E-state index in [0.29, 0.717) is 0 Å². The van der Waals surface area contributed by atoms with Crippen molar-refractivity contribution in [3.63, 3.8) is 0 Å². The molecule has 9 heteroatoms. The van der Waals surface area contributed by atoms with Gasteiger partial charge in [0, 0.05) is 24.4 Å². The number of hydrogen-bond donors (Lipinski definition) is 1. The van der Waals surface area contributed by atoms with Crippen LogP contribution < -0.4 is 10.1 Å². The summed E-state index contributed by atoms with van der Waals surface area (Å²) >= 11 is 0. The number of nitrogens with zero attached hydrogens (tertiary/aromatic N) is 2. The summed E-state index contributed by atoms with van der Waals surface area (Å²) in [6, 6.07) is 17.0. The molecule has 1 heterocycles. The first-order valence-corrected chi connectivity index (χ1v) is 10.2. The number of alkyl halides is 3. The number of nitrogens with one attached hydrogen (secondary N) is 1. The van der Waals surface area contributed by atoms with Crippen molar-refractivity contribution in [2.24, 2.45) is 0 Å². The second kappa shape index (κ2) is 10.6. The lowest BCUT2D eigenvalue weighted by atomic mass is 10.1. The largest absolute Gasteiger partial charge is 0.473 e. The van der Waals surface area contributed by atoms with Crippen LogP contribution in [0.15, 0.2) is 72.9 Å². The number of hydrogen-bond acceptors (Lipinski definition) is 4. The van der Waals surface area contributed by atoms with Gasteiger partial charge in [-0.25, -0.2) is 4.98 Å². The van der Waals surface area contributed by atoms with Crippen LogP contribution in [-0.2, 0) is 17.6 Å². The predicted molar refractivity (Wildman–Crippen MR) is 117 cm³/mol. The number of aromatic nitrogens is 1. The van der Waals surface area contributed by atoms with Gasteiger partial charge in [0.2, 0.25) is 11.8 Å². The van der Waals surface area contributed by atoms with Crippen LogP contribution in [0, 0.1) is 0 Å². The molecule has 0 saturated heterocycles. The Morgan fingerprint density at radius 3 is 2.42 bits per heavy atom. The van der Waals surface area contributed by atoms with Gasteiger partial charge in [-0.15, -0.1) is 0 Å². The average molecular weight is 457 g/mol. The summed E-state index contributed by atoms with van der Waals surface area (Å²) in [6.45, 7) is 1.70. The van der Waals surface area contributed by atoms with E-state index in [1.165, 1.54) is 35.4 Å². The standard InChI is InChI=1S/C24H22F3N3O3/c1-2-30(15-21(31)29-20-11-7-6-10-19(20)24(25,26)27)23(32)18-12-13-28-22(14-18)33-16-17-8-4-3-5-9-17/h3-14H,2,15-16H2,1H3,(H,29,31). The molecule has 0 radical (unpaired) electrons. The lowest BCUT2D eigenvalue weighted by molar-refractivity contribution is -0.137. The molecule has 0 aliphatic rings. The van der Waals surface area contributed by atoms with Crippen LogP contribution in [0.4, 0.5) is 18.9 Å². The van der Waals surface area contributed by atoms with Crippen LogP contribution in [0.2, 0.25) is 0 Å². The predicted octanol–water partition coefficient (Wildman–Crippen LogP) is 4.78. The lowest BCUT2D eigenvalue weighted by Gasteiger charge is -2.21. The molecule has 0 atom stereocenters. The number of benzene rings is 2. The highest BCUT2D eigenvalue weighted by atomic mass is 19.4. The Hall–Kier alpha value is -3.88. The summed E-state index contributed by atoms with van der Waals surface area (Å²) in [7, 11) is 0. The number of para-hydroxylation sites is 1. The van der Waals surface area contributed by atoms with Gasteiger partial charge in [0.05, 0.1) is 11.3 Å². The summed E-state index contributed by atoms with van der Waals surface area (Å²) in [4.78, 5) is 30.6. The number of ether oxygens (including phenoxy) is 1. The lowest BCUT2D eigenvalue weighted by Crippen LogP contribution is -2.38. The van der Waals surface area contributed by atoms with E-state index in [1.807, 2.05) is 30.3 Å². The van der Waals surface area contributed by atoms with Crippen molar-refractivity contribution in [3.05, 3.63) is 89.6 Å². The van der Waals surface area contributed by atoms with Crippen molar-refractivity contribution < 1.29 is 27.5 Å². The van der Waals surface area contributed by atoms with Crippen LogP contribution in [0.5, 0.6) is 5.88 Å². The molecule has 0 bridgehead atoms. The fraction of sp³-hybridized carbons (Fsp3) is 0.208. The maximum absolute atomic E-state index is 13.2. The normalized spacial score (nSPS) is 11.0. The molecule has 0 fully saturated rings. The zero-order chi connectivity index (χ0) is 23.8. The van der Waals surface area contributed by atoms with Crippen LogP contribution in [-0.4, -0.2) is 34.8 Å².